The van der Waals surface area contributed by atoms with Gasteiger partial charge in [-0.05, 0) is 50.6 Å². The van der Waals surface area contributed by atoms with Crippen molar-refractivity contribution in [3.8, 4) is 17.1 Å². The fourth-order valence-electron chi connectivity index (χ4n) is 3.18. The summed E-state index contributed by atoms with van der Waals surface area (Å²) in [7, 11) is 0. The maximum Gasteiger partial charge on any atom is 0.270 e. The Morgan fingerprint density at radius 3 is 2.67 bits per heavy atom. The number of hydrogen-bond acceptors (Lipinski definition) is 6. The number of rotatable bonds is 6. The number of benzene rings is 1. The van der Waals surface area contributed by atoms with Crippen LogP contribution in [0.2, 0.25) is 0 Å². The topological polar surface area (TPSA) is 98.7 Å². The van der Waals surface area contributed by atoms with Gasteiger partial charge in [0.1, 0.15) is 11.7 Å². The smallest absolute Gasteiger partial charge is 0.270 e. The van der Waals surface area contributed by atoms with Crippen molar-refractivity contribution in [2.45, 2.75) is 33.2 Å². The molecule has 0 bridgehead atoms. The molecule has 0 saturated carbocycles. The average molecular weight is 402 g/mol. The van der Waals surface area contributed by atoms with E-state index in [2.05, 4.69) is 25.5 Å². The highest BCUT2D eigenvalue weighted by Crippen LogP contribution is 2.21. The van der Waals surface area contributed by atoms with Gasteiger partial charge in [-0.2, -0.15) is 10.1 Å². The Morgan fingerprint density at radius 2 is 1.93 bits per heavy atom. The van der Waals surface area contributed by atoms with Gasteiger partial charge in [0.15, 0.2) is 0 Å². The van der Waals surface area contributed by atoms with E-state index in [1.165, 1.54) is 0 Å². The molecule has 30 heavy (non-hydrogen) atoms. The maximum absolute atomic E-state index is 13.0. The zero-order valence-corrected chi connectivity index (χ0v) is 17.0. The number of pyridine rings is 1. The molecule has 1 amide bonds. The third-order valence-corrected chi connectivity index (χ3v) is 4.67. The molecule has 4 rings (SSSR count). The molecule has 0 aliphatic carbocycles. The lowest BCUT2D eigenvalue weighted by Gasteiger charge is -2.13. The molecule has 1 aromatic carbocycles. The van der Waals surface area contributed by atoms with Crippen molar-refractivity contribution in [1.82, 2.24) is 30.2 Å². The first kappa shape index (κ1) is 19.5. The highest BCUT2D eigenvalue weighted by molar-refractivity contribution is 5.93. The molecule has 8 nitrogen and oxygen atoms in total. The van der Waals surface area contributed by atoms with Gasteiger partial charge in [0, 0.05) is 17.5 Å². The maximum atomic E-state index is 13.0. The summed E-state index contributed by atoms with van der Waals surface area (Å²) in [5, 5.41) is 11.5. The van der Waals surface area contributed by atoms with E-state index in [0.29, 0.717) is 23.8 Å². The number of para-hydroxylation sites is 1. The minimum Gasteiger partial charge on any atom is -0.339 e. The van der Waals surface area contributed by atoms with Crippen LogP contribution in [0, 0.1) is 13.8 Å². The van der Waals surface area contributed by atoms with Crippen molar-refractivity contribution >= 4 is 5.91 Å². The molecule has 8 heteroatoms. The van der Waals surface area contributed by atoms with Gasteiger partial charge in [0.25, 0.3) is 5.91 Å². The van der Waals surface area contributed by atoms with E-state index in [4.69, 9.17) is 4.52 Å². The van der Waals surface area contributed by atoms with Crippen LogP contribution in [0.5, 0.6) is 0 Å². The molecule has 4 aromatic rings. The second-order valence-corrected chi connectivity index (χ2v) is 6.99. The third-order valence-electron chi connectivity index (χ3n) is 4.67. The summed E-state index contributed by atoms with van der Waals surface area (Å²) in [5.41, 5.74) is 3.70. The predicted octanol–water partition coefficient (Wildman–Crippen LogP) is 3.82. The SMILES string of the molecule is CC[C@H](NC(=O)c1cc(C)nn1-c1ccccc1)c1nc(-c2ccnc(C)c2)no1. The summed E-state index contributed by atoms with van der Waals surface area (Å²) < 4.78 is 7.09. The van der Waals surface area contributed by atoms with Crippen LogP contribution in [-0.4, -0.2) is 30.8 Å². The van der Waals surface area contributed by atoms with Crippen LogP contribution in [0.25, 0.3) is 17.1 Å². The van der Waals surface area contributed by atoms with Crippen LogP contribution in [-0.2, 0) is 0 Å². The molecule has 0 saturated heterocycles. The molecule has 152 valence electrons. The van der Waals surface area contributed by atoms with Crippen molar-refractivity contribution in [2.75, 3.05) is 0 Å². The van der Waals surface area contributed by atoms with Gasteiger partial charge in [-0.25, -0.2) is 4.68 Å². The number of carbonyl (C=O) groups excluding carboxylic acids is 1. The zero-order chi connectivity index (χ0) is 21.1. The summed E-state index contributed by atoms with van der Waals surface area (Å²) in [4.78, 5) is 21.7. The van der Waals surface area contributed by atoms with Crippen molar-refractivity contribution in [3.05, 3.63) is 77.7 Å². The van der Waals surface area contributed by atoms with E-state index in [1.807, 2.05) is 63.2 Å². The van der Waals surface area contributed by atoms with E-state index in [1.54, 1.807) is 16.9 Å². The number of carbonyl (C=O) groups is 1. The van der Waals surface area contributed by atoms with Gasteiger partial charge in [-0.3, -0.25) is 9.78 Å². The van der Waals surface area contributed by atoms with E-state index in [9.17, 15) is 4.79 Å². The standard InChI is InChI=1S/C22H22N6O2/c1-4-18(22-25-20(27-30-22)16-10-11-23-14(2)12-16)24-21(29)19-13-15(3)26-28(19)17-8-6-5-7-9-17/h5-13,18H,4H2,1-3H3,(H,24,29)/t18-/m0/s1. The predicted molar refractivity (Wildman–Crippen MR) is 111 cm³/mol. The minimum absolute atomic E-state index is 0.259. The second kappa shape index (κ2) is 8.28. The molecule has 1 atom stereocenters. The second-order valence-electron chi connectivity index (χ2n) is 6.99. The van der Waals surface area contributed by atoms with E-state index >= 15 is 0 Å². The Hall–Kier alpha value is -3.81. The van der Waals surface area contributed by atoms with Gasteiger partial charge in [-0.15, -0.1) is 0 Å². The highest BCUT2D eigenvalue weighted by atomic mass is 16.5. The van der Waals surface area contributed by atoms with E-state index < -0.39 is 6.04 Å². The molecule has 3 heterocycles. The van der Waals surface area contributed by atoms with Crippen LogP contribution in [0.4, 0.5) is 0 Å². The number of aromatic nitrogens is 5. The van der Waals surface area contributed by atoms with Crippen LogP contribution >= 0.6 is 0 Å². The largest absolute Gasteiger partial charge is 0.339 e. The highest BCUT2D eigenvalue weighted by Gasteiger charge is 2.23. The van der Waals surface area contributed by atoms with Gasteiger partial charge >= 0.3 is 0 Å². The number of nitrogens with one attached hydrogen (secondary N) is 1. The lowest BCUT2D eigenvalue weighted by molar-refractivity contribution is 0.0919. The van der Waals surface area contributed by atoms with Crippen LogP contribution in [0.15, 0.2) is 59.3 Å². The zero-order valence-electron chi connectivity index (χ0n) is 17.0. The molecular weight excluding hydrogens is 380 g/mol. The quantitative estimate of drug-likeness (QED) is 0.526. The fourth-order valence-corrected chi connectivity index (χ4v) is 3.18. The average Bonchev–Trinajstić information content (AvgIpc) is 3.40. The Bertz CT molecular complexity index is 1170. The summed E-state index contributed by atoms with van der Waals surface area (Å²) in [5.74, 6) is 0.567. The molecule has 0 radical (unpaired) electrons. The lowest BCUT2D eigenvalue weighted by atomic mass is 10.2. The summed E-state index contributed by atoms with van der Waals surface area (Å²) in [6.45, 7) is 5.71. The van der Waals surface area contributed by atoms with Crippen LogP contribution in [0.3, 0.4) is 0 Å². The Balaban J connectivity index is 1.57. The first-order chi connectivity index (χ1) is 14.5. The van der Waals surface area contributed by atoms with Crippen molar-refractivity contribution in [3.63, 3.8) is 0 Å². The number of amides is 1. The first-order valence-corrected chi connectivity index (χ1v) is 9.74. The third kappa shape index (κ3) is 3.98. The molecule has 0 aliphatic rings. The molecule has 0 fully saturated rings. The molecular formula is C22H22N6O2. The van der Waals surface area contributed by atoms with E-state index in [0.717, 1.165) is 22.6 Å². The number of hydrogen-bond donors (Lipinski definition) is 1. The summed E-state index contributed by atoms with van der Waals surface area (Å²) in [6.07, 6.45) is 2.30. The fraction of sp³-hybridized carbons (Fsp3) is 0.227. The molecule has 0 unspecified atom stereocenters. The van der Waals surface area contributed by atoms with Gasteiger partial charge < -0.3 is 9.84 Å². The van der Waals surface area contributed by atoms with Crippen LogP contribution in [0.1, 0.15) is 47.2 Å². The first-order valence-electron chi connectivity index (χ1n) is 9.74. The monoisotopic (exact) mass is 402 g/mol. The molecule has 1 N–H and O–H groups in total. The molecule has 0 aliphatic heterocycles. The number of aryl methyl sites for hydroxylation is 2. The Morgan fingerprint density at radius 1 is 1.13 bits per heavy atom. The minimum atomic E-state index is -0.416. The van der Waals surface area contributed by atoms with E-state index in [-0.39, 0.29) is 5.91 Å². The molecule has 0 spiro atoms. The van der Waals surface area contributed by atoms with Gasteiger partial charge in [0.2, 0.25) is 11.7 Å². The lowest BCUT2D eigenvalue weighted by Crippen LogP contribution is -2.30. The van der Waals surface area contributed by atoms with Gasteiger partial charge in [-0.1, -0.05) is 30.3 Å². The number of nitrogens with zero attached hydrogens (tertiary/aromatic N) is 5. The summed E-state index contributed by atoms with van der Waals surface area (Å²) >= 11 is 0. The van der Waals surface area contributed by atoms with Crippen LogP contribution < -0.4 is 5.32 Å². The van der Waals surface area contributed by atoms with Crippen molar-refractivity contribution in [1.29, 1.82) is 0 Å². The van der Waals surface area contributed by atoms with Gasteiger partial charge in [0.05, 0.1) is 11.4 Å². The van der Waals surface area contributed by atoms with Crippen molar-refractivity contribution < 1.29 is 9.32 Å². The molecule has 3 aromatic heterocycles. The Kier molecular flexibility index (Phi) is 5.38. The summed E-state index contributed by atoms with van der Waals surface area (Å²) in [6, 6.07) is 14.6. The Labute approximate surface area is 174 Å². The normalized spacial score (nSPS) is 12.0. The van der Waals surface area contributed by atoms with Crippen molar-refractivity contribution in [2.24, 2.45) is 0 Å².